The quantitative estimate of drug-likeness (QED) is 0.732. The lowest BCUT2D eigenvalue weighted by atomic mass is 10.1. The van der Waals surface area contributed by atoms with E-state index in [1.165, 1.54) is 18.4 Å². The van der Waals surface area contributed by atoms with E-state index < -0.39 is 5.97 Å². The Morgan fingerprint density at radius 3 is 2.69 bits per heavy atom. The van der Waals surface area contributed by atoms with Gasteiger partial charge in [0.1, 0.15) is 5.01 Å². The van der Waals surface area contributed by atoms with Gasteiger partial charge in [-0.2, -0.15) is 0 Å². The van der Waals surface area contributed by atoms with Crippen molar-refractivity contribution in [2.24, 2.45) is 5.92 Å². The molecule has 0 unspecified atom stereocenters. The Labute approximate surface area is 158 Å². The molecule has 2 amide bonds. The van der Waals surface area contributed by atoms with Gasteiger partial charge in [0.25, 0.3) is 0 Å². The second kappa shape index (κ2) is 9.33. The Balaban J connectivity index is 2.11. The van der Waals surface area contributed by atoms with E-state index in [4.69, 9.17) is 0 Å². The van der Waals surface area contributed by atoms with Crippen molar-refractivity contribution in [1.82, 2.24) is 9.88 Å². The average molecular weight is 375 g/mol. The number of rotatable bonds is 7. The fourth-order valence-corrected chi connectivity index (χ4v) is 3.10. The van der Waals surface area contributed by atoms with Crippen LogP contribution < -0.4 is 5.32 Å². The van der Waals surface area contributed by atoms with E-state index in [-0.39, 0.29) is 11.7 Å². The SMILES string of the molecule is COC(=O)c1csc(CN(CCC(C)C)C(=O)Nc2ccccc2C)n1. The van der Waals surface area contributed by atoms with Gasteiger partial charge in [0, 0.05) is 17.6 Å². The zero-order valence-electron chi connectivity index (χ0n) is 15.6. The summed E-state index contributed by atoms with van der Waals surface area (Å²) in [6.45, 7) is 7.17. The number of carbonyl (C=O) groups excluding carboxylic acids is 2. The second-order valence-electron chi connectivity index (χ2n) is 6.47. The standard InChI is InChI=1S/C19H25N3O3S/c1-13(2)9-10-22(11-17-20-16(12-26-17)18(23)25-4)19(24)21-15-8-6-5-7-14(15)3/h5-8,12-13H,9-11H2,1-4H3,(H,21,24). The number of anilines is 1. The fraction of sp³-hybridized carbons (Fsp3) is 0.421. The van der Waals surface area contributed by atoms with Crippen molar-refractivity contribution in [3.05, 3.63) is 45.9 Å². The summed E-state index contributed by atoms with van der Waals surface area (Å²) in [6.07, 6.45) is 0.885. The maximum absolute atomic E-state index is 12.8. The normalized spacial score (nSPS) is 10.7. The second-order valence-corrected chi connectivity index (χ2v) is 7.41. The fourth-order valence-electron chi connectivity index (χ4n) is 2.32. The Kier molecular flexibility index (Phi) is 7.15. The number of esters is 1. The molecule has 0 radical (unpaired) electrons. The molecule has 0 spiro atoms. The third-order valence-electron chi connectivity index (χ3n) is 3.92. The molecule has 1 aromatic heterocycles. The van der Waals surface area contributed by atoms with Crippen LogP contribution in [0.25, 0.3) is 0 Å². The minimum atomic E-state index is -0.467. The highest BCUT2D eigenvalue weighted by atomic mass is 32.1. The van der Waals surface area contributed by atoms with Gasteiger partial charge in [-0.15, -0.1) is 11.3 Å². The van der Waals surface area contributed by atoms with E-state index in [9.17, 15) is 9.59 Å². The molecule has 2 rings (SSSR count). The number of nitrogens with one attached hydrogen (secondary N) is 1. The Bertz CT molecular complexity index is 758. The first-order chi connectivity index (χ1) is 12.4. The van der Waals surface area contributed by atoms with Crippen LogP contribution in [0.4, 0.5) is 10.5 Å². The molecule has 26 heavy (non-hydrogen) atoms. The number of para-hydroxylation sites is 1. The predicted octanol–water partition coefficient (Wildman–Crippen LogP) is 4.32. The minimum Gasteiger partial charge on any atom is -0.464 e. The van der Waals surface area contributed by atoms with Crippen molar-refractivity contribution in [2.75, 3.05) is 19.0 Å². The molecule has 7 heteroatoms. The summed E-state index contributed by atoms with van der Waals surface area (Å²) in [4.78, 5) is 30.4. The van der Waals surface area contributed by atoms with E-state index >= 15 is 0 Å². The van der Waals surface area contributed by atoms with E-state index in [0.717, 1.165) is 17.7 Å². The van der Waals surface area contributed by atoms with Gasteiger partial charge in [-0.05, 0) is 30.9 Å². The Morgan fingerprint density at radius 2 is 2.04 bits per heavy atom. The van der Waals surface area contributed by atoms with Crippen molar-refractivity contribution < 1.29 is 14.3 Å². The predicted molar refractivity (Wildman–Crippen MR) is 104 cm³/mol. The largest absolute Gasteiger partial charge is 0.464 e. The maximum Gasteiger partial charge on any atom is 0.357 e. The lowest BCUT2D eigenvalue weighted by Gasteiger charge is -2.23. The molecule has 0 aliphatic rings. The van der Waals surface area contributed by atoms with Gasteiger partial charge in [-0.3, -0.25) is 0 Å². The van der Waals surface area contributed by atoms with Gasteiger partial charge < -0.3 is 15.0 Å². The molecule has 0 saturated heterocycles. The first-order valence-electron chi connectivity index (χ1n) is 8.55. The number of aryl methyl sites for hydroxylation is 1. The molecule has 1 aromatic carbocycles. The summed E-state index contributed by atoms with van der Waals surface area (Å²) in [5.41, 5.74) is 2.07. The third kappa shape index (κ3) is 5.56. The summed E-state index contributed by atoms with van der Waals surface area (Å²) in [6, 6.07) is 7.50. The van der Waals surface area contributed by atoms with Crippen LogP contribution in [0.3, 0.4) is 0 Å². The minimum absolute atomic E-state index is 0.172. The lowest BCUT2D eigenvalue weighted by Crippen LogP contribution is -2.36. The molecule has 0 fully saturated rings. The van der Waals surface area contributed by atoms with Crippen molar-refractivity contribution in [3.63, 3.8) is 0 Å². The number of urea groups is 1. The number of benzene rings is 1. The molecular formula is C19H25N3O3S. The molecule has 0 aliphatic carbocycles. The molecule has 0 bridgehead atoms. The summed E-state index contributed by atoms with van der Waals surface area (Å²) < 4.78 is 4.69. The number of ether oxygens (including phenoxy) is 1. The Hall–Kier alpha value is -2.41. The van der Waals surface area contributed by atoms with Crippen molar-refractivity contribution in [2.45, 2.75) is 33.7 Å². The van der Waals surface area contributed by atoms with Crippen molar-refractivity contribution in [1.29, 1.82) is 0 Å². The highest BCUT2D eigenvalue weighted by Gasteiger charge is 2.18. The third-order valence-corrected chi connectivity index (χ3v) is 4.76. The number of methoxy groups -OCH3 is 1. The van der Waals surface area contributed by atoms with Crippen molar-refractivity contribution in [3.8, 4) is 0 Å². The van der Waals surface area contributed by atoms with Crippen LogP contribution in [0.5, 0.6) is 0 Å². The number of aromatic nitrogens is 1. The van der Waals surface area contributed by atoms with Gasteiger partial charge >= 0.3 is 12.0 Å². The highest BCUT2D eigenvalue weighted by molar-refractivity contribution is 7.09. The zero-order chi connectivity index (χ0) is 19.1. The summed E-state index contributed by atoms with van der Waals surface area (Å²) in [5.74, 6) is 0.0104. The maximum atomic E-state index is 12.8. The zero-order valence-corrected chi connectivity index (χ0v) is 16.4. The molecular weight excluding hydrogens is 350 g/mol. The first-order valence-corrected chi connectivity index (χ1v) is 9.43. The van der Waals surface area contributed by atoms with Gasteiger partial charge in [0.05, 0.1) is 13.7 Å². The van der Waals surface area contributed by atoms with Crippen LogP contribution in [0, 0.1) is 12.8 Å². The van der Waals surface area contributed by atoms with Gasteiger partial charge in [0.2, 0.25) is 0 Å². The van der Waals surface area contributed by atoms with E-state index in [1.807, 2.05) is 31.2 Å². The first kappa shape index (κ1) is 19.9. The van der Waals surface area contributed by atoms with Crippen LogP contribution >= 0.6 is 11.3 Å². The molecule has 1 N–H and O–H groups in total. The summed E-state index contributed by atoms with van der Waals surface area (Å²) in [7, 11) is 1.33. The van der Waals surface area contributed by atoms with Crippen LogP contribution in [0.15, 0.2) is 29.6 Å². The molecule has 2 aromatic rings. The molecule has 1 heterocycles. The summed E-state index contributed by atoms with van der Waals surface area (Å²) >= 11 is 1.35. The average Bonchev–Trinajstić information content (AvgIpc) is 3.08. The van der Waals surface area contributed by atoms with E-state index in [2.05, 4.69) is 28.9 Å². The molecule has 0 saturated carbocycles. The molecule has 6 nitrogen and oxygen atoms in total. The highest BCUT2D eigenvalue weighted by Crippen LogP contribution is 2.18. The van der Waals surface area contributed by atoms with Crippen LogP contribution in [-0.4, -0.2) is 35.5 Å². The number of thiazole rings is 1. The number of hydrogen-bond acceptors (Lipinski definition) is 5. The van der Waals surface area contributed by atoms with Gasteiger partial charge in [0.15, 0.2) is 5.69 Å². The van der Waals surface area contributed by atoms with Crippen molar-refractivity contribution >= 4 is 29.0 Å². The molecule has 140 valence electrons. The number of amides is 2. The number of nitrogens with zero attached hydrogens (tertiary/aromatic N) is 2. The van der Waals surface area contributed by atoms with Crippen LogP contribution in [0.1, 0.15) is 41.3 Å². The monoisotopic (exact) mass is 375 g/mol. The van der Waals surface area contributed by atoms with Gasteiger partial charge in [-0.1, -0.05) is 32.0 Å². The van der Waals surface area contributed by atoms with E-state index in [1.54, 1.807) is 10.3 Å². The van der Waals surface area contributed by atoms with Crippen LogP contribution in [-0.2, 0) is 11.3 Å². The number of carbonyl (C=O) groups is 2. The topological polar surface area (TPSA) is 71.5 Å². The smallest absolute Gasteiger partial charge is 0.357 e. The lowest BCUT2D eigenvalue weighted by molar-refractivity contribution is 0.0594. The molecule has 0 aliphatic heterocycles. The molecule has 0 atom stereocenters. The van der Waals surface area contributed by atoms with Gasteiger partial charge in [-0.25, -0.2) is 14.6 Å². The van der Waals surface area contributed by atoms with Crippen LogP contribution in [0.2, 0.25) is 0 Å². The summed E-state index contributed by atoms with van der Waals surface area (Å²) in [5, 5.41) is 5.32. The Morgan fingerprint density at radius 1 is 1.31 bits per heavy atom. The number of hydrogen-bond donors (Lipinski definition) is 1. The van der Waals surface area contributed by atoms with E-state index in [0.29, 0.717) is 24.0 Å².